The SMILES string of the molecule is O=c1cc(-c2ccccc2)oc(-c2ccc(/C=C/c3ccc([N+](=O)[O-])cc3)cc2)c1. The molecule has 4 rings (SSSR count). The Labute approximate surface area is 172 Å². The molecule has 30 heavy (non-hydrogen) atoms. The molecule has 0 amide bonds. The summed E-state index contributed by atoms with van der Waals surface area (Å²) in [5.74, 6) is 1.03. The second kappa shape index (κ2) is 8.41. The zero-order chi connectivity index (χ0) is 20.9. The lowest BCUT2D eigenvalue weighted by atomic mass is 10.1. The molecule has 1 heterocycles. The van der Waals surface area contributed by atoms with Gasteiger partial charge in [0, 0.05) is 35.4 Å². The van der Waals surface area contributed by atoms with Gasteiger partial charge in [-0.3, -0.25) is 14.9 Å². The Kier molecular flexibility index (Phi) is 5.35. The van der Waals surface area contributed by atoms with E-state index in [4.69, 9.17) is 4.42 Å². The van der Waals surface area contributed by atoms with Crippen molar-refractivity contribution in [1.82, 2.24) is 0 Å². The highest BCUT2D eigenvalue weighted by Gasteiger charge is 2.07. The van der Waals surface area contributed by atoms with Crippen LogP contribution in [-0.4, -0.2) is 4.92 Å². The molecule has 0 aliphatic rings. The van der Waals surface area contributed by atoms with Crippen LogP contribution in [-0.2, 0) is 0 Å². The fourth-order valence-electron chi connectivity index (χ4n) is 3.02. The molecule has 0 N–H and O–H groups in total. The van der Waals surface area contributed by atoms with Crippen molar-refractivity contribution < 1.29 is 9.34 Å². The maximum absolute atomic E-state index is 12.1. The number of nitrogens with zero attached hydrogens (tertiary/aromatic N) is 1. The Hall–Kier alpha value is -4.25. The van der Waals surface area contributed by atoms with Crippen LogP contribution in [0.1, 0.15) is 11.1 Å². The van der Waals surface area contributed by atoms with Gasteiger partial charge in [0.15, 0.2) is 5.43 Å². The molecule has 0 spiro atoms. The van der Waals surface area contributed by atoms with Gasteiger partial charge in [-0.05, 0) is 23.3 Å². The molecule has 0 saturated heterocycles. The van der Waals surface area contributed by atoms with Crippen molar-refractivity contribution in [1.29, 1.82) is 0 Å². The van der Waals surface area contributed by atoms with Gasteiger partial charge in [-0.1, -0.05) is 66.7 Å². The number of rotatable bonds is 5. The van der Waals surface area contributed by atoms with Crippen molar-refractivity contribution in [3.63, 3.8) is 0 Å². The van der Waals surface area contributed by atoms with Gasteiger partial charge in [0.2, 0.25) is 0 Å². The first-order valence-electron chi connectivity index (χ1n) is 9.32. The summed E-state index contributed by atoms with van der Waals surface area (Å²) in [4.78, 5) is 22.4. The molecule has 0 bridgehead atoms. The lowest BCUT2D eigenvalue weighted by Crippen LogP contribution is -1.98. The zero-order valence-electron chi connectivity index (χ0n) is 15.9. The summed E-state index contributed by atoms with van der Waals surface area (Å²) in [7, 11) is 0. The topological polar surface area (TPSA) is 73.3 Å². The van der Waals surface area contributed by atoms with Crippen LogP contribution in [0.25, 0.3) is 34.8 Å². The standard InChI is InChI=1S/C25H17NO4/c27-23-16-24(20-4-2-1-3-5-20)30-25(17-23)21-12-8-18(9-13-21)6-7-19-10-14-22(15-11-19)26(28)29/h1-17H/b7-6+. The fourth-order valence-corrected chi connectivity index (χ4v) is 3.02. The highest BCUT2D eigenvalue weighted by Crippen LogP contribution is 2.25. The van der Waals surface area contributed by atoms with Gasteiger partial charge in [-0.15, -0.1) is 0 Å². The maximum atomic E-state index is 12.1. The predicted octanol–water partition coefficient (Wildman–Crippen LogP) is 6.05. The summed E-state index contributed by atoms with van der Waals surface area (Å²) in [6.07, 6.45) is 3.80. The van der Waals surface area contributed by atoms with E-state index in [1.54, 1.807) is 12.1 Å². The lowest BCUT2D eigenvalue weighted by Gasteiger charge is -2.05. The van der Waals surface area contributed by atoms with Crippen LogP contribution < -0.4 is 5.43 Å². The van der Waals surface area contributed by atoms with E-state index in [1.165, 1.54) is 24.3 Å². The Bertz CT molecular complexity index is 1260. The first-order valence-corrected chi connectivity index (χ1v) is 9.32. The summed E-state index contributed by atoms with van der Waals surface area (Å²) >= 11 is 0. The van der Waals surface area contributed by atoms with Gasteiger partial charge >= 0.3 is 0 Å². The van der Waals surface area contributed by atoms with E-state index in [2.05, 4.69) is 0 Å². The molecule has 0 fully saturated rings. The number of hydrogen-bond donors (Lipinski definition) is 0. The minimum atomic E-state index is -0.419. The zero-order valence-corrected chi connectivity index (χ0v) is 15.9. The van der Waals surface area contributed by atoms with Crippen LogP contribution in [0, 0.1) is 10.1 Å². The number of nitro benzene ring substituents is 1. The molecule has 0 atom stereocenters. The predicted molar refractivity (Wildman–Crippen MR) is 118 cm³/mol. The van der Waals surface area contributed by atoms with Crippen molar-refractivity contribution >= 4 is 17.8 Å². The molecule has 4 aromatic rings. The Morgan fingerprint density at radius 1 is 0.700 bits per heavy atom. The quantitative estimate of drug-likeness (QED) is 0.234. The minimum absolute atomic E-state index is 0.0655. The minimum Gasteiger partial charge on any atom is -0.456 e. The van der Waals surface area contributed by atoms with Gasteiger partial charge in [-0.2, -0.15) is 0 Å². The van der Waals surface area contributed by atoms with Crippen LogP contribution in [0.15, 0.2) is 100 Å². The molecule has 146 valence electrons. The van der Waals surface area contributed by atoms with Crippen molar-refractivity contribution in [3.8, 4) is 22.6 Å². The van der Waals surface area contributed by atoms with E-state index >= 15 is 0 Å². The van der Waals surface area contributed by atoms with Crippen molar-refractivity contribution in [2.45, 2.75) is 0 Å². The normalized spacial score (nSPS) is 10.9. The van der Waals surface area contributed by atoms with Crippen LogP contribution >= 0.6 is 0 Å². The van der Waals surface area contributed by atoms with E-state index in [0.717, 1.165) is 22.3 Å². The molecule has 0 unspecified atom stereocenters. The highest BCUT2D eigenvalue weighted by atomic mass is 16.6. The monoisotopic (exact) mass is 395 g/mol. The molecule has 1 aromatic heterocycles. The van der Waals surface area contributed by atoms with Gasteiger partial charge < -0.3 is 4.42 Å². The van der Waals surface area contributed by atoms with E-state index < -0.39 is 4.92 Å². The average molecular weight is 395 g/mol. The lowest BCUT2D eigenvalue weighted by molar-refractivity contribution is -0.384. The fraction of sp³-hybridized carbons (Fsp3) is 0. The second-order valence-corrected chi connectivity index (χ2v) is 6.69. The first kappa shape index (κ1) is 19.1. The smallest absolute Gasteiger partial charge is 0.269 e. The van der Waals surface area contributed by atoms with Crippen molar-refractivity contribution in [2.75, 3.05) is 0 Å². The number of benzene rings is 3. The average Bonchev–Trinajstić information content (AvgIpc) is 2.78. The third kappa shape index (κ3) is 4.42. The summed E-state index contributed by atoms with van der Waals surface area (Å²) in [5, 5.41) is 10.7. The summed E-state index contributed by atoms with van der Waals surface area (Å²) in [6, 6.07) is 26.4. The van der Waals surface area contributed by atoms with E-state index in [9.17, 15) is 14.9 Å². The summed E-state index contributed by atoms with van der Waals surface area (Å²) in [6.45, 7) is 0. The number of hydrogen-bond acceptors (Lipinski definition) is 4. The van der Waals surface area contributed by atoms with Gasteiger partial charge in [0.1, 0.15) is 11.5 Å². The Balaban J connectivity index is 1.56. The van der Waals surface area contributed by atoms with Gasteiger partial charge in [-0.25, -0.2) is 0 Å². The molecule has 5 heteroatoms. The van der Waals surface area contributed by atoms with Gasteiger partial charge in [0.25, 0.3) is 5.69 Å². The highest BCUT2D eigenvalue weighted by molar-refractivity contribution is 5.72. The molecule has 0 aliphatic heterocycles. The molecule has 0 aliphatic carbocycles. The van der Waals surface area contributed by atoms with E-state index in [1.807, 2.05) is 66.7 Å². The van der Waals surface area contributed by atoms with E-state index in [0.29, 0.717) is 11.5 Å². The number of nitro groups is 1. The summed E-state index contributed by atoms with van der Waals surface area (Å²) < 4.78 is 5.96. The van der Waals surface area contributed by atoms with Crippen LogP contribution in [0.3, 0.4) is 0 Å². The molecule has 5 nitrogen and oxygen atoms in total. The number of non-ortho nitro benzene ring substituents is 1. The third-order valence-corrected chi connectivity index (χ3v) is 4.59. The Morgan fingerprint density at radius 3 is 1.73 bits per heavy atom. The Morgan fingerprint density at radius 2 is 1.20 bits per heavy atom. The molecular weight excluding hydrogens is 378 g/mol. The van der Waals surface area contributed by atoms with Crippen LogP contribution in [0.4, 0.5) is 5.69 Å². The first-order chi connectivity index (χ1) is 14.6. The largest absolute Gasteiger partial charge is 0.456 e. The van der Waals surface area contributed by atoms with E-state index in [-0.39, 0.29) is 11.1 Å². The maximum Gasteiger partial charge on any atom is 0.269 e. The molecular formula is C25H17NO4. The summed E-state index contributed by atoms with van der Waals surface area (Å²) in [5.41, 5.74) is 3.43. The third-order valence-electron chi connectivity index (χ3n) is 4.59. The van der Waals surface area contributed by atoms with Crippen molar-refractivity contribution in [2.24, 2.45) is 0 Å². The van der Waals surface area contributed by atoms with Crippen LogP contribution in [0.2, 0.25) is 0 Å². The molecule has 0 radical (unpaired) electrons. The van der Waals surface area contributed by atoms with Crippen LogP contribution in [0.5, 0.6) is 0 Å². The molecule has 0 saturated carbocycles. The molecule has 3 aromatic carbocycles. The second-order valence-electron chi connectivity index (χ2n) is 6.69. The van der Waals surface area contributed by atoms with Gasteiger partial charge in [0.05, 0.1) is 4.92 Å². The van der Waals surface area contributed by atoms with Crippen molar-refractivity contribution in [3.05, 3.63) is 122 Å².